The van der Waals surface area contributed by atoms with Gasteiger partial charge in [-0.2, -0.15) is 0 Å². The van der Waals surface area contributed by atoms with Crippen LogP contribution in [0.4, 0.5) is 0 Å². The summed E-state index contributed by atoms with van der Waals surface area (Å²) in [6, 6.07) is 9.92. The van der Waals surface area contributed by atoms with Gasteiger partial charge in [-0.15, -0.1) is 0 Å². The topological polar surface area (TPSA) is 44.5 Å². The molecule has 0 amide bonds. The van der Waals surface area contributed by atoms with Crippen LogP contribution in [0.2, 0.25) is 0 Å². The summed E-state index contributed by atoms with van der Waals surface area (Å²) >= 11 is 0. The van der Waals surface area contributed by atoms with Gasteiger partial charge in [0.15, 0.2) is 0 Å². The van der Waals surface area contributed by atoms with Crippen LogP contribution in [-0.4, -0.2) is 24.9 Å². The molecule has 3 nitrogen and oxygen atoms in total. The SMILES string of the molecule is CCOC1C(N)CC1Oc1ccccc1. The molecule has 2 rings (SSSR count). The van der Waals surface area contributed by atoms with Crippen molar-refractivity contribution in [3.05, 3.63) is 30.3 Å². The zero-order valence-corrected chi connectivity index (χ0v) is 8.93. The third-order valence-corrected chi connectivity index (χ3v) is 2.68. The summed E-state index contributed by atoms with van der Waals surface area (Å²) in [5, 5.41) is 0. The van der Waals surface area contributed by atoms with E-state index in [2.05, 4.69) is 0 Å². The molecule has 0 saturated heterocycles. The molecule has 0 heterocycles. The van der Waals surface area contributed by atoms with Gasteiger partial charge in [0.25, 0.3) is 0 Å². The predicted molar refractivity (Wildman–Crippen MR) is 58.9 cm³/mol. The third-order valence-electron chi connectivity index (χ3n) is 2.68. The van der Waals surface area contributed by atoms with E-state index in [4.69, 9.17) is 15.2 Å². The van der Waals surface area contributed by atoms with E-state index in [0.29, 0.717) is 6.61 Å². The first-order valence-corrected chi connectivity index (χ1v) is 5.40. The lowest BCUT2D eigenvalue weighted by Crippen LogP contribution is -2.59. The molecule has 15 heavy (non-hydrogen) atoms. The summed E-state index contributed by atoms with van der Waals surface area (Å²) in [5.41, 5.74) is 5.85. The molecule has 2 N–H and O–H groups in total. The minimum Gasteiger partial charge on any atom is -0.488 e. The van der Waals surface area contributed by atoms with Crippen molar-refractivity contribution in [1.82, 2.24) is 0 Å². The van der Waals surface area contributed by atoms with E-state index in [1.165, 1.54) is 0 Å². The zero-order valence-electron chi connectivity index (χ0n) is 8.93. The maximum Gasteiger partial charge on any atom is 0.128 e. The second-order valence-electron chi connectivity index (χ2n) is 3.79. The van der Waals surface area contributed by atoms with Crippen LogP contribution in [0.1, 0.15) is 13.3 Å². The van der Waals surface area contributed by atoms with Crippen LogP contribution in [0, 0.1) is 0 Å². The first-order chi connectivity index (χ1) is 7.31. The standard InChI is InChI=1S/C12H17NO2/c1-2-14-12-10(13)8-11(12)15-9-6-4-3-5-7-9/h3-7,10-12H,2,8,13H2,1H3. The molecule has 3 atom stereocenters. The van der Waals surface area contributed by atoms with Crippen molar-refractivity contribution in [3.8, 4) is 5.75 Å². The van der Waals surface area contributed by atoms with E-state index >= 15 is 0 Å². The molecule has 1 aliphatic carbocycles. The van der Waals surface area contributed by atoms with Crippen LogP contribution in [0.15, 0.2) is 30.3 Å². The van der Waals surface area contributed by atoms with Gasteiger partial charge >= 0.3 is 0 Å². The Hall–Kier alpha value is -1.06. The van der Waals surface area contributed by atoms with Gasteiger partial charge in [-0.3, -0.25) is 0 Å². The monoisotopic (exact) mass is 207 g/mol. The quantitative estimate of drug-likeness (QED) is 0.815. The Morgan fingerprint density at radius 1 is 1.33 bits per heavy atom. The predicted octanol–water partition coefficient (Wildman–Crippen LogP) is 1.57. The van der Waals surface area contributed by atoms with Gasteiger partial charge in [-0.05, 0) is 19.1 Å². The highest BCUT2D eigenvalue weighted by Gasteiger charge is 2.41. The number of ether oxygens (including phenoxy) is 2. The maximum absolute atomic E-state index is 5.85. The molecular formula is C12H17NO2. The van der Waals surface area contributed by atoms with E-state index in [9.17, 15) is 0 Å². The minimum absolute atomic E-state index is 0.0511. The molecule has 3 unspecified atom stereocenters. The summed E-state index contributed by atoms with van der Waals surface area (Å²) in [6.45, 7) is 2.66. The fourth-order valence-corrected chi connectivity index (χ4v) is 1.83. The van der Waals surface area contributed by atoms with Crippen LogP contribution in [0.25, 0.3) is 0 Å². The molecule has 0 aliphatic heterocycles. The molecule has 0 radical (unpaired) electrons. The molecule has 0 aromatic heterocycles. The average molecular weight is 207 g/mol. The molecule has 3 heteroatoms. The van der Waals surface area contributed by atoms with Crippen molar-refractivity contribution in [3.63, 3.8) is 0 Å². The highest BCUT2D eigenvalue weighted by atomic mass is 16.5. The summed E-state index contributed by atoms with van der Waals surface area (Å²) in [6.07, 6.45) is 1.04. The van der Waals surface area contributed by atoms with Crippen molar-refractivity contribution in [2.75, 3.05) is 6.61 Å². The number of benzene rings is 1. The second kappa shape index (κ2) is 4.64. The first-order valence-electron chi connectivity index (χ1n) is 5.40. The van der Waals surface area contributed by atoms with Gasteiger partial charge in [0.1, 0.15) is 18.0 Å². The van der Waals surface area contributed by atoms with Crippen molar-refractivity contribution >= 4 is 0 Å². The number of para-hydroxylation sites is 1. The molecular weight excluding hydrogens is 190 g/mol. The van der Waals surface area contributed by atoms with Crippen molar-refractivity contribution in [1.29, 1.82) is 0 Å². The van der Waals surface area contributed by atoms with Crippen LogP contribution in [-0.2, 0) is 4.74 Å². The summed E-state index contributed by atoms with van der Waals surface area (Å²) in [7, 11) is 0. The van der Waals surface area contributed by atoms with Crippen LogP contribution >= 0.6 is 0 Å². The van der Waals surface area contributed by atoms with Crippen molar-refractivity contribution in [2.45, 2.75) is 31.6 Å². The van der Waals surface area contributed by atoms with Crippen molar-refractivity contribution < 1.29 is 9.47 Å². The molecule has 1 aliphatic rings. The molecule has 1 aromatic rings. The van der Waals surface area contributed by atoms with E-state index < -0.39 is 0 Å². The van der Waals surface area contributed by atoms with Gasteiger partial charge in [0, 0.05) is 19.1 Å². The molecule has 1 fully saturated rings. The average Bonchev–Trinajstić information content (AvgIpc) is 2.27. The number of rotatable bonds is 4. The third kappa shape index (κ3) is 2.30. The van der Waals surface area contributed by atoms with Crippen molar-refractivity contribution in [2.24, 2.45) is 5.73 Å². The second-order valence-corrected chi connectivity index (χ2v) is 3.79. The van der Waals surface area contributed by atoms with Crippen LogP contribution in [0.3, 0.4) is 0 Å². The van der Waals surface area contributed by atoms with E-state index in [0.717, 1.165) is 12.2 Å². The Balaban J connectivity index is 1.91. The van der Waals surface area contributed by atoms with E-state index in [-0.39, 0.29) is 18.2 Å². The Morgan fingerprint density at radius 3 is 2.67 bits per heavy atom. The lowest BCUT2D eigenvalue weighted by molar-refractivity contribution is -0.0945. The largest absolute Gasteiger partial charge is 0.488 e. The number of hydrogen-bond donors (Lipinski definition) is 1. The highest BCUT2D eigenvalue weighted by Crippen LogP contribution is 2.27. The van der Waals surface area contributed by atoms with Gasteiger partial charge in [-0.25, -0.2) is 0 Å². The van der Waals surface area contributed by atoms with E-state index in [1.54, 1.807) is 0 Å². The van der Waals surface area contributed by atoms with Gasteiger partial charge in [-0.1, -0.05) is 18.2 Å². The maximum atomic E-state index is 5.85. The zero-order chi connectivity index (χ0) is 10.7. The first kappa shape index (κ1) is 10.5. The number of hydrogen-bond acceptors (Lipinski definition) is 3. The van der Waals surface area contributed by atoms with Gasteiger partial charge < -0.3 is 15.2 Å². The Morgan fingerprint density at radius 2 is 2.07 bits per heavy atom. The van der Waals surface area contributed by atoms with E-state index in [1.807, 2.05) is 37.3 Å². The molecule has 0 bridgehead atoms. The number of nitrogens with two attached hydrogens (primary N) is 1. The fourth-order valence-electron chi connectivity index (χ4n) is 1.83. The normalized spacial score (nSPS) is 29.6. The molecule has 1 aromatic carbocycles. The Bertz CT molecular complexity index is 302. The Labute approximate surface area is 90.2 Å². The lowest BCUT2D eigenvalue weighted by atomic mass is 9.86. The molecule has 1 saturated carbocycles. The molecule has 82 valence electrons. The highest BCUT2D eigenvalue weighted by molar-refractivity contribution is 5.22. The van der Waals surface area contributed by atoms with Crippen LogP contribution < -0.4 is 10.5 Å². The summed E-state index contributed by atoms with van der Waals surface area (Å²) in [4.78, 5) is 0. The molecule has 0 spiro atoms. The van der Waals surface area contributed by atoms with Crippen LogP contribution in [0.5, 0.6) is 5.75 Å². The minimum atomic E-state index is 0.0511. The summed E-state index contributed by atoms with van der Waals surface area (Å²) in [5.74, 6) is 0.888. The van der Waals surface area contributed by atoms with Gasteiger partial charge in [0.2, 0.25) is 0 Å². The lowest BCUT2D eigenvalue weighted by Gasteiger charge is -2.41. The fraction of sp³-hybridized carbons (Fsp3) is 0.500. The van der Waals surface area contributed by atoms with Gasteiger partial charge in [0.05, 0.1) is 0 Å². The summed E-state index contributed by atoms with van der Waals surface area (Å²) < 4.78 is 11.3. The Kier molecular flexibility index (Phi) is 3.23. The smallest absolute Gasteiger partial charge is 0.128 e.